The van der Waals surface area contributed by atoms with Crippen molar-refractivity contribution in [2.45, 2.75) is 59.5 Å². The van der Waals surface area contributed by atoms with Crippen molar-refractivity contribution in [3.8, 4) is 5.75 Å². The molecule has 1 atom stereocenters. The fourth-order valence-electron chi connectivity index (χ4n) is 3.87. The lowest BCUT2D eigenvalue weighted by molar-refractivity contribution is -0.148. The van der Waals surface area contributed by atoms with E-state index in [9.17, 15) is 9.59 Å². The number of aryl methyl sites for hydroxylation is 1. The molecule has 1 aliphatic heterocycles. The van der Waals surface area contributed by atoms with Gasteiger partial charge >= 0.3 is 0 Å². The molecule has 31 heavy (non-hydrogen) atoms. The lowest BCUT2D eigenvalue weighted by atomic mass is 9.99. The summed E-state index contributed by atoms with van der Waals surface area (Å²) < 4.78 is 6.10. The minimum Gasteiger partial charge on any atom is -0.491 e. The quantitative estimate of drug-likeness (QED) is 0.643. The van der Waals surface area contributed by atoms with Crippen LogP contribution in [0.25, 0.3) is 0 Å². The van der Waals surface area contributed by atoms with Crippen LogP contribution in [0.5, 0.6) is 5.75 Å². The summed E-state index contributed by atoms with van der Waals surface area (Å²) in [6.45, 7) is 12.9. The van der Waals surface area contributed by atoms with Crippen LogP contribution in [0, 0.1) is 12.8 Å². The van der Waals surface area contributed by atoms with Crippen LogP contribution < -0.4 is 4.74 Å². The Morgan fingerprint density at radius 2 is 1.87 bits per heavy atom. The molecule has 0 bridgehead atoms. The molecule has 0 radical (unpaired) electrons. The van der Waals surface area contributed by atoms with Gasteiger partial charge in [-0.25, -0.2) is 0 Å². The summed E-state index contributed by atoms with van der Waals surface area (Å²) in [7, 11) is 0. The molecule has 6 heteroatoms. The number of rotatable bonds is 6. The lowest BCUT2D eigenvalue weighted by Crippen LogP contribution is -2.54. The molecule has 5 nitrogen and oxygen atoms in total. The smallest absolute Gasteiger partial charge is 0.242 e. The van der Waals surface area contributed by atoms with Crippen LogP contribution in [0.15, 0.2) is 35.7 Å². The van der Waals surface area contributed by atoms with Crippen molar-refractivity contribution < 1.29 is 14.3 Å². The average Bonchev–Trinajstić information content (AvgIpc) is 3.18. The summed E-state index contributed by atoms with van der Waals surface area (Å²) in [6, 6.07) is 9.91. The van der Waals surface area contributed by atoms with Gasteiger partial charge in [0.1, 0.15) is 18.9 Å². The predicted octanol–water partition coefficient (Wildman–Crippen LogP) is 4.84. The van der Waals surface area contributed by atoms with Crippen molar-refractivity contribution in [1.29, 1.82) is 0 Å². The molecule has 2 heterocycles. The molecule has 1 aliphatic rings. The Morgan fingerprint density at radius 1 is 1.19 bits per heavy atom. The zero-order chi connectivity index (χ0) is 22.8. The number of benzene rings is 1. The second-order valence-electron chi connectivity index (χ2n) is 9.53. The molecule has 168 valence electrons. The Hall–Kier alpha value is -2.34. The maximum Gasteiger partial charge on any atom is 0.242 e. The largest absolute Gasteiger partial charge is 0.491 e. The van der Waals surface area contributed by atoms with Crippen molar-refractivity contribution in [3.05, 3.63) is 51.7 Å². The molecule has 0 aliphatic carbocycles. The minimum atomic E-state index is -0.422. The first-order chi connectivity index (χ1) is 14.6. The number of hydrogen-bond acceptors (Lipinski definition) is 4. The highest BCUT2D eigenvalue weighted by molar-refractivity contribution is 7.10. The van der Waals surface area contributed by atoms with Crippen molar-refractivity contribution in [3.63, 3.8) is 0 Å². The number of hydrogen-bond donors (Lipinski definition) is 0. The summed E-state index contributed by atoms with van der Waals surface area (Å²) in [6.07, 6.45) is 0.841. The Kier molecular flexibility index (Phi) is 7.10. The van der Waals surface area contributed by atoms with Crippen molar-refractivity contribution in [1.82, 2.24) is 9.80 Å². The van der Waals surface area contributed by atoms with Gasteiger partial charge in [-0.05, 0) is 63.3 Å². The van der Waals surface area contributed by atoms with Gasteiger partial charge < -0.3 is 14.5 Å². The molecule has 0 saturated heterocycles. The minimum absolute atomic E-state index is 0.00142. The van der Waals surface area contributed by atoms with Gasteiger partial charge in [-0.3, -0.25) is 9.59 Å². The SMILES string of the molecule is Cc1ccc(OCC2c3ccsc3CCN2C(=O)CN(C(=O)C(C)C)C(C)(C)C)cc1. The normalized spacial score (nSPS) is 16.2. The van der Waals surface area contributed by atoms with Crippen LogP contribution in [-0.4, -0.2) is 46.8 Å². The fourth-order valence-corrected chi connectivity index (χ4v) is 4.80. The summed E-state index contributed by atoms with van der Waals surface area (Å²) in [5, 5.41) is 2.08. The fraction of sp³-hybridized carbons (Fsp3) is 0.520. The molecule has 0 spiro atoms. The molecule has 2 amide bonds. The second-order valence-corrected chi connectivity index (χ2v) is 10.5. The molecule has 1 aromatic heterocycles. The molecule has 1 unspecified atom stereocenters. The number of thiophene rings is 1. The van der Waals surface area contributed by atoms with Crippen LogP contribution in [0.1, 0.15) is 56.7 Å². The molecular formula is C25H34N2O3S. The standard InChI is InChI=1S/C25H34N2O3S/c1-17(2)24(29)27(25(4,5)6)15-23(28)26-13-11-22-20(12-14-31-22)21(26)16-30-19-9-7-18(3)8-10-19/h7-10,12,14,17,21H,11,13,15-16H2,1-6H3. The number of carbonyl (C=O) groups excluding carboxylic acids is 2. The maximum atomic E-state index is 13.5. The zero-order valence-electron chi connectivity index (χ0n) is 19.5. The zero-order valence-corrected chi connectivity index (χ0v) is 20.3. The van der Waals surface area contributed by atoms with Gasteiger partial charge in [0.05, 0.1) is 6.04 Å². The summed E-state index contributed by atoms with van der Waals surface area (Å²) >= 11 is 1.74. The van der Waals surface area contributed by atoms with Crippen LogP contribution in [0.3, 0.4) is 0 Å². The summed E-state index contributed by atoms with van der Waals surface area (Å²) in [5.41, 5.74) is 1.92. The van der Waals surface area contributed by atoms with Crippen LogP contribution >= 0.6 is 11.3 Å². The molecule has 1 aromatic carbocycles. The van der Waals surface area contributed by atoms with Crippen molar-refractivity contribution >= 4 is 23.2 Å². The summed E-state index contributed by atoms with van der Waals surface area (Å²) in [4.78, 5) is 31.2. The van der Waals surface area contributed by atoms with E-state index in [1.54, 1.807) is 16.2 Å². The van der Waals surface area contributed by atoms with Gasteiger partial charge in [0.2, 0.25) is 11.8 Å². The first-order valence-electron chi connectivity index (χ1n) is 10.9. The number of fused-ring (bicyclic) bond motifs is 1. The van der Waals surface area contributed by atoms with Gasteiger partial charge in [-0.1, -0.05) is 31.5 Å². The van der Waals surface area contributed by atoms with E-state index in [0.29, 0.717) is 13.2 Å². The topological polar surface area (TPSA) is 49.9 Å². The monoisotopic (exact) mass is 442 g/mol. The van der Waals surface area contributed by atoms with E-state index in [4.69, 9.17) is 4.74 Å². The molecule has 0 saturated carbocycles. The first-order valence-corrected chi connectivity index (χ1v) is 11.8. The Bertz CT molecular complexity index is 912. The van der Waals surface area contributed by atoms with Gasteiger partial charge in [-0.15, -0.1) is 11.3 Å². The Morgan fingerprint density at radius 3 is 2.48 bits per heavy atom. The number of ether oxygens (including phenoxy) is 1. The number of nitrogens with zero attached hydrogens (tertiary/aromatic N) is 2. The van der Waals surface area contributed by atoms with E-state index in [2.05, 4.69) is 11.4 Å². The molecule has 3 rings (SSSR count). The van der Waals surface area contributed by atoms with E-state index in [-0.39, 0.29) is 30.3 Å². The lowest BCUT2D eigenvalue weighted by Gasteiger charge is -2.40. The van der Waals surface area contributed by atoms with E-state index < -0.39 is 5.54 Å². The van der Waals surface area contributed by atoms with Gasteiger partial charge in [0.15, 0.2) is 0 Å². The highest BCUT2D eigenvalue weighted by Crippen LogP contribution is 2.34. The molecule has 0 N–H and O–H groups in total. The average molecular weight is 443 g/mol. The predicted molar refractivity (Wildman–Crippen MR) is 125 cm³/mol. The third-order valence-electron chi connectivity index (χ3n) is 5.71. The third-order valence-corrected chi connectivity index (χ3v) is 6.70. The van der Waals surface area contributed by atoms with Crippen molar-refractivity contribution in [2.75, 3.05) is 19.7 Å². The van der Waals surface area contributed by atoms with E-state index >= 15 is 0 Å². The highest BCUT2D eigenvalue weighted by atomic mass is 32.1. The van der Waals surface area contributed by atoms with Crippen LogP contribution in [-0.2, 0) is 16.0 Å². The molecule has 2 aromatic rings. The highest BCUT2D eigenvalue weighted by Gasteiger charge is 2.36. The van der Waals surface area contributed by atoms with E-state index in [0.717, 1.165) is 17.7 Å². The Balaban J connectivity index is 1.80. The van der Waals surface area contributed by atoms with Gasteiger partial charge in [-0.2, -0.15) is 0 Å². The Labute approximate surface area is 190 Å². The van der Waals surface area contributed by atoms with E-state index in [1.165, 1.54) is 10.4 Å². The molecular weight excluding hydrogens is 408 g/mol. The number of amides is 2. The van der Waals surface area contributed by atoms with E-state index in [1.807, 2.05) is 70.7 Å². The number of carbonyl (C=O) groups is 2. The van der Waals surface area contributed by atoms with Gasteiger partial charge in [0.25, 0.3) is 0 Å². The van der Waals surface area contributed by atoms with Crippen LogP contribution in [0.4, 0.5) is 0 Å². The van der Waals surface area contributed by atoms with Gasteiger partial charge in [0, 0.05) is 22.9 Å². The molecule has 0 fully saturated rings. The second kappa shape index (κ2) is 9.43. The van der Waals surface area contributed by atoms with Crippen molar-refractivity contribution in [2.24, 2.45) is 5.92 Å². The summed E-state index contributed by atoms with van der Waals surface area (Å²) in [5.74, 6) is 0.615. The third kappa shape index (κ3) is 5.48. The maximum absolute atomic E-state index is 13.5. The first kappa shape index (κ1) is 23.3. The van der Waals surface area contributed by atoms with Crippen LogP contribution in [0.2, 0.25) is 0 Å².